The molecule has 0 aliphatic carbocycles. The second kappa shape index (κ2) is 8.98. The summed E-state index contributed by atoms with van der Waals surface area (Å²) in [6.07, 6.45) is 0. The van der Waals surface area contributed by atoms with Crippen LogP contribution in [-0.2, 0) is 26.1 Å². The average Bonchev–Trinajstić information content (AvgIpc) is 2.64. The van der Waals surface area contributed by atoms with E-state index in [2.05, 4.69) is 0 Å². The number of carbonyl (C=O) groups excluding carboxylic acids is 2. The van der Waals surface area contributed by atoms with E-state index in [9.17, 15) is 18.0 Å². The summed E-state index contributed by atoms with van der Waals surface area (Å²) in [5, 5.41) is 4.95. The zero-order chi connectivity index (χ0) is 20.0. The molecule has 0 bridgehead atoms. The number of nitrogens with two attached hydrogens (primary N) is 1. The number of primary sulfonamides is 1. The third-order valence-electron chi connectivity index (χ3n) is 3.75. The molecule has 0 saturated carbocycles. The number of rotatable bonds is 7. The van der Waals surface area contributed by atoms with Crippen LogP contribution in [0.15, 0.2) is 53.4 Å². The minimum Gasteiger partial charge on any atom is -0.452 e. The van der Waals surface area contributed by atoms with E-state index < -0.39 is 22.6 Å². The van der Waals surface area contributed by atoms with Crippen LogP contribution in [0, 0.1) is 0 Å². The molecule has 0 unspecified atom stereocenters. The Morgan fingerprint density at radius 1 is 1.15 bits per heavy atom. The fraction of sp³-hybridized carbons (Fsp3) is 0.222. The van der Waals surface area contributed by atoms with Crippen LogP contribution in [0.1, 0.15) is 22.8 Å². The number of amides is 1. The number of carbonyl (C=O) groups is 2. The van der Waals surface area contributed by atoms with Crippen molar-refractivity contribution >= 4 is 33.5 Å². The van der Waals surface area contributed by atoms with Gasteiger partial charge in [-0.15, -0.1) is 0 Å². The van der Waals surface area contributed by atoms with E-state index in [-0.39, 0.29) is 21.4 Å². The molecule has 1 amide bonds. The van der Waals surface area contributed by atoms with Crippen molar-refractivity contribution < 1.29 is 22.7 Å². The van der Waals surface area contributed by atoms with Gasteiger partial charge in [-0.3, -0.25) is 4.79 Å². The summed E-state index contributed by atoms with van der Waals surface area (Å²) < 4.78 is 28.0. The van der Waals surface area contributed by atoms with Crippen molar-refractivity contribution in [2.24, 2.45) is 5.14 Å². The first-order valence-corrected chi connectivity index (χ1v) is 9.96. The zero-order valence-corrected chi connectivity index (χ0v) is 16.2. The standard InChI is InChI=1S/C18H19ClN2O5S/c1-2-21(11-13-6-4-3-5-7-13)17(22)12-26-18(23)14-8-9-15(19)16(10-14)27(20,24)25/h3-10H,2,11-12H2,1H3,(H2,20,24,25). The lowest BCUT2D eigenvalue weighted by atomic mass is 10.2. The van der Waals surface area contributed by atoms with Crippen LogP contribution < -0.4 is 5.14 Å². The van der Waals surface area contributed by atoms with Gasteiger partial charge in [0.25, 0.3) is 5.91 Å². The Hall–Kier alpha value is -2.42. The number of esters is 1. The van der Waals surface area contributed by atoms with E-state index in [1.807, 2.05) is 37.3 Å². The van der Waals surface area contributed by atoms with Crippen molar-refractivity contribution in [1.82, 2.24) is 4.90 Å². The summed E-state index contributed by atoms with van der Waals surface area (Å²) >= 11 is 5.78. The molecule has 0 radical (unpaired) electrons. The first-order valence-electron chi connectivity index (χ1n) is 8.03. The predicted octanol–water partition coefficient (Wildman–Crippen LogP) is 2.19. The molecule has 2 aromatic rings. The van der Waals surface area contributed by atoms with Crippen LogP contribution in [0.25, 0.3) is 0 Å². The lowest BCUT2D eigenvalue weighted by Crippen LogP contribution is -2.34. The average molecular weight is 411 g/mol. The molecule has 0 spiro atoms. The molecule has 2 N–H and O–H groups in total. The van der Waals surface area contributed by atoms with E-state index in [1.54, 1.807) is 4.90 Å². The van der Waals surface area contributed by atoms with E-state index in [4.69, 9.17) is 21.5 Å². The van der Waals surface area contributed by atoms with Gasteiger partial charge in [-0.05, 0) is 30.7 Å². The first-order chi connectivity index (χ1) is 12.7. The van der Waals surface area contributed by atoms with Crippen molar-refractivity contribution in [2.75, 3.05) is 13.2 Å². The highest BCUT2D eigenvalue weighted by molar-refractivity contribution is 7.89. The molecule has 9 heteroatoms. The van der Waals surface area contributed by atoms with Gasteiger partial charge in [-0.25, -0.2) is 18.4 Å². The molecule has 27 heavy (non-hydrogen) atoms. The summed E-state index contributed by atoms with van der Waals surface area (Å²) in [4.78, 5) is 25.6. The van der Waals surface area contributed by atoms with E-state index in [0.29, 0.717) is 13.1 Å². The molecular weight excluding hydrogens is 392 g/mol. The SMILES string of the molecule is CCN(Cc1ccccc1)C(=O)COC(=O)c1ccc(Cl)c(S(N)(=O)=O)c1. The molecule has 2 rings (SSSR count). The molecule has 0 aliphatic rings. The predicted molar refractivity (Wildman–Crippen MR) is 101 cm³/mol. The zero-order valence-electron chi connectivity index (χ0n) is 14.6. The maximum Gasteiger partial charge on any atom is 0.338 e. The lowest BCUT2D eigenvalue weighted by molar-refractivity contribution is -0.134. The molecule has 0 atom stereocenters. The number of hydrogen-bond donors (Lipinski definition) is 1. The molecular formula is C18H19ClN2O5S. The topological polar surface area (TPSA) is 107 Å². The van der Waals surface area contributed by atoms with Gasteiger partial charge in [-0.1, -0.05) is 41.9 Å². The van der Waals surface area contributed by atoms with Gasteiger partial charge in [-0.2, -0.15) is 0 Å². The van der Waals surface area contributed by atoms with Gasteiger partial charge in [0.05, 0.1) is 10.6 Å². The second-order valence-electron chi connectivity index (χ2n) is 5.66. The Morgan fingerprint density at radius 3 is 2.41 bits per heavy atom. The van der Waals surface area contributed by atoms with Gasteiger partial charge in [0, 0.05) is 13.1 Å². The van der Waals surface area contributed by atoms with Crippen molar-refractivity contribution in [3.8, 4) is 0 Å². The highest BCUT2D eigenvalue weighted by Crippen LogP contribution is 2.21. The largest absolute Gasteiger partial charge is 0.452 e. The molecule has 0 fully saturated rings. The number of halogens is 1. The van der Waals surface area contributed by atoms with Crippen LogP contribution >= 0.6 is 11.6 Å². The van der Waals surface area contributed by atoms with Crippen molar-refractivity contribution in [3.63, 3.8) is 0 Å². The number of sulfonamides is 1. The number of ether oxygens (including phenoxy) is 1. The Bertz CT molecular complexity index is 932. The smallest absolute Gasteiger partial charge is 0.338 e. The fourth-order valence-corrected chi connectivity index (χ4v) is 3.40. The molecule has 7 nitrogen and oxygen atoms in total. The quantitative estimate of drug-likeness (QED) is 0.704. The Morgan fingerprint density at radius 2 is 1.81 bits per heavy atom. The number of likely N-dealkylation sites (N-methyl/N-ethyl adjacent to an activating group) is 1. The summed E-state index contributed by atoms with van der Waals surface area (Å²) in [6, 6.07) is 13.0. The van der Waals surface area contributed by atoms with Crippen LogP contribution in [-0.4, -0.2) is 38.3 Å². The summed E-state index contributed by atoms with van der Waals surface area (Å²) in [5.74, 6) is -1.21. The molecule has 144 valence electrons. The fourth-order valence-electron chi connectivity index (χ4n) is 2.33. The third-order valence-corrected chi connectivity index (χ3v) is 5.14. The highest BCUT2D eigenvalue weighted by atomic mass is 35.5. The normalized spacial score (nSPS) is 11.1. The lowest BCUT2D eigenvalue weighted by Gasteiger charge is -2.20. The van der Waals surface area contributed by atoms with Crippen LogP contribution in [0.3, 0.4) is 0 Å². The molecule has 0 heterocycles. The van der Waals surface area contributed by atoms with Gasteiger partial charge >= 0.3 is 5.97 Å². The summed E-state index contributed by atoms with van der Waals surface area (Å²) in [5.41, 5.74) is 0.886. The van der Waals surface area contributed by atoms with E-state index in [0.717, 1.165) is 11.6 Å². The molecule has 0 aliphatic heterocycles. The van der Waals surface area contributed by atoms with Crippen LogP contribution in [0.2, 0.25) is 5.02 Å². The number of benzene rings is 2. The minimum absolute atomic E-state index is 0.0673. The molecule has 0 aromatic heterocycles. The van der Waals surface area contributed by atoms with Gasteiger partial charge in [0.1, 0.15) is 4.90 Å². The molecule has 2 aromatic carbocycles. The van der Waals surface area contributed by atoms with Gasteiger partial charge < -0.3 is 9.64 Å². The minimum atomic E-state index is -4.09. The second-order valence-corrected chi connectivity index (χ2v) is 7.60. The monoisotopic (exact) mass is 410 g/mol. The maximum atomic E-state index is 12.3. The maximum absolute atomic E-state index is 12.3. The first kappa shape index (κ1) is 20.9. The number of hydrogen-bond acceptors (Lipinski definition) is 5. The molecule has 0 saturated heterocycles. The van der Waals surface area contributed by atoms with E-state index >= 15 is 0 Å². The van der Waals surface area contributed by atoms with Gasteiger partial charge in [0.15, 0.2) is 6.61 Å². The Labute approximate surface area is 162 Å². The van der Waals surface area contributed by atoms with Crippen molar-refractivity contribution in [1.29, 1.82) is 0 Å². The Balaban J connectivity index is 2.03. The van der Waals surface area contributed by atoms with Crippen molar-refractivity contribution in [3.05, 3.63) is 64.7 Å². The van der Waals surface area contributed by atoms with Crippen LogP contribution in [0.5, 0.6) is 0 Å². The summed E-state index contributed by atoms with van der Waals surface area (Å²) in [6.45, 7) is 2.19. The van der Waals surface area contributed by atoms with Crippen molar-refractivity contribution in [2.45, 2.75) is 18.4 Å². The van der Waals surface area contributed by atoms with Gasteiger partial charge in [0.2, 0.25) is 10.0 Å². The third kappa shape index (κ3) is 5.78. The Kier molecular flexibility index (Phi) is 6.95. The highest BCUT2D eigenvalue weighted by Gasteiger charge is 2.19. The number of nitrogens with zero attached hydrogens (tertiary/aromatic N) is 1. The van der Waals surface area contributed by atoms with Crippen LogP contribution in [0.4, 0.5) is 0 Å². The summed E-state index contributed by atoms with van der Waals surface area (Å²) in [7, 11) is -4.09. The van der Waals surface area contributed by atoms with E-state index in [1.165, 1.54) is 12.1 Å².